The Morgan fingerprint density at radius 1 is 1.33 bits per heavy atom. The Morgan fingerprint density at radius 3 is 2.70 bits per heavy atom. The molecule has 0 bridgehead atoms. The van der Waals surface area contributed by atoms with Gasteiger partial charge < -0.3 is 15.2 Å². The summed E-state index contributed by atoms with van der Waals surface area (Å²) in [6.07, 6.45) is 4.08. The first-order chi connectivity index (χ1) is 13.0. The van der Waals surface area contributed by atoms with Crippen LogP contribution >= 0.6 is 0 Å². The average Bonchev–Trinajstić information content (AvgIpc) is 2.63. The van der Waals surface area contributed by atoms with E-state index in [9.17, 15) is 14.3 Å². The van der Waals surface area contributed by atoms with Crippen molar-refractivity contribution in [3.8, 4) is 17.6 Å². The number of phenolic OH excluding ortho intramolecular Hbond substituents is 1. The van der Waals surface area contributed by atoms with Crippen molar-refractivity contribution in [3.63, 3.8) is 0 Å². The number of halogens is 1. The maximum atomic E-state index is 13.9. The van der Waals surface area contributed by atoms with Crippen LogP contribution in [0, 0.1) is 24.1 Å². The smallest absolute Gasteiger partial charge is 0.256 e. The highest BCUT2D eigenvalue weighted by Crippen LogP contribution is 2.28. The van der Waals surface area contributed by atoms with E-state index in [0.717, 1.165) is 12.8 Å². The van der Waals surface area contributed by atoms with Crippen LogP contribution < -0.4 is 10.1 Å². The predicted octanol–water partition coefficient (Wildman–Crippen LogP) is 3.23. The molecule has 0 spiro atoms. The lowest BCUT2D eigenvalue weighted by Gasteiger charge is -2.29. The molecule has 3 rings (SSSR count). The average molecular weight is 369 g/mol. The molecule has 0 aliphatic heterocycles. The number of nitrogens with zero attached hydrogens (tertiary/aromatic N) is 2. The van der Waals surface area contributed by atoms with Gasteiger partial charge >= 0.3 is 0 Å². The molecule has 0 saturated heterocycles. The van der Waals surface area contributed by atoms with Gasteiger partial charge in [-0.1, -0.05) is 0 Å². The van der Waals surface area contributed by atoms with Gasteiger partial charge in [0.2, 0.25) is 0 Å². The normalized spacial score (nSPS) is 19.1. The van der Waals surface area contributed by atoms with Crippen molar-refractivity contribution in [1.29, 1.82) is 5.26 Å². The Morgan fingerprint density at radius 2 is 2.07 bits per heavy atom. The maximum absolute atomic E-state index is 13.9. The van der Waals surface area contributed by atoms with Crippen molar-refractivity contribution < 1.29 is 19.0 Å². The maximum Gasteiger partial charge on any atom is 0.256 e. The summed E-state index contributed by atoms with van der Waals surface area (Å²) >= 11 is 0. The molecule has 1 aliphatic rings. The zero-order valence-electron chi connectivity index (χ0n) is 14.9. The van der Waals surface area contributed by atoms with Gasteiger partial charge in [-0.05, 0) is 50.8 Å². The number of rotatable bonds is 4. The first kappa shape index (κ1) is 18.6. The second-order valence-electron chi connectivity index (χ2n) is 6.66. The lowest BCUT2D eigenvalue weighted by molar-refractivity contribution is 0.0889. The molecule has 2 N–H and O–H groups in total. The van der Waals surface area contributed by atoms with Crippen molar-refractivity contribution >= 4 is 5.91 Å². The van der Waals surface area contributed by atoms with Crippen molar-refractivity contribution in [2.45, 2.75) is 44.8 Å². The number of hydrogen-bond acceptors (Lipinski definition) is 5. The SMILES string of the molecule is Cc1cc(F)c(C(=O)NC2CCC(Oc3ccc(C#N)c(O)c3)CC2)cn1. The molecule has 1 aromatic heterocycles. The first-order valence-corrected chi connectivity index (χ1v) is 8.79. The summed E-state index contributed by atoms with van der Waals surface area (Å²) in [6, 6.07) is 7.68. The predicted molar refractivity (Wildman–Crippen MR) is 95.9 cm³/mol. The van der Waals surface area contributed by atoms with Gasteiger partial charge in [0.05, 0.1) is 17.2 Å². The van der Waals surface area contributed by atoms with Crippen LogP contribution in [0.15, 0.2) is 30.5 Å². The van der Waals surface area contributed by atoms with Gasteiger partial charge in [0.25, 0.3) is 5.91 Å². The largest absolute Gasteiger partial charge is 0.506 e. The van der Waals surface area contributed by atoms with Crippen molar-refractivity contribution in [1.82, 2.24) is 10.3 Å². The Hall–Kier alpha value is -3.14. The van der Waals surface area contributed by atoms with E-state index in [1.807, 2.05) is 6.07 Å². The number of benzene rings is 1. The van der Waals surface area contributed by atoms with Gasteiger partial charge in [-0.25, -0.2) is 4.39 Å². The second-order valence-corrected chi connectivity index (χ2v) is 6.66. The lowest BCUT2D eigenvalue weighted by Crippen LogP contribution is -2.40. The fraction of sp³-hybridized carbons (Fsp3) is 0.350. The van der Waals surface area contributed by atoms with E-state index >= 15 is 0 Å². The van der Waals surface area contributed by atoms with E-state index in [-0.39, 0.29) is 29.0 Å². The molecule has 1 heterocycles. The molecule has 0 atom stereocenters. The highest BCUT2D eigenvalue weighted by atomic mass is 19.1. The zero-order chi connectivity index (χ0) is 19.4. The highest BCUT2D eigenvalue weighted by molar-refractivity contribution is 5.94. The van der Waals surface area contributed by atoms with E-state index in [1.54, 1.807) is 13.0 Å². The summed E-state index contributed by atoms with van der Waals surface area (Å²) in [5, 5.41) is 21.4. The van der Waals surface area contributed by atoms with E-state index in [1.165, 1.54) is 24.4 Å². The van der Waals surface area contributed by atoms with Gasteiger partial charge in [0.1, 0.15) is 23.4 Å². The van der Waals surface area contributed by atoms with Crippen LogP contribution in [0.1, 0.15) is 47.3 Å². The Kier molecular flexibility index (Phi) is 5.55. The molecule has 7 heteroatoms. The lowest BCUT2D eigenvalue weighted by atomic mass is 9.92. The molecule has 1 aliphatic carbocycles. The van der Waals surface area contributed by atoms with Crippen LogP contribution in [0.25, 0.3) is 0 Å². The Labute approximate surface area is 156 Å². The number of aromatic nitrogens is 1. The minimum atomic E-state index is -0.572. The molecule has 0 unspecified atom stereocenters. The molecule has 1 fully saturated rings. The second kappa shape index (κ2) is 8.04. The van der Waals surface area contributed by atoms with E-state index in [0.29, 0.717) is 24.3 Å². The number of ether oxygens (including phenoxy) is 1. The summed E-state index contributed by atoms with van der Waals surface area (Å²) in [4.78, 5) is 16.2. The van der Waals surface area contributed by atoms with E-state index in [2.05, 4.69) is 10.3 Å². The summed E-state index contributed by atoms with van der Waals surface area (Å²) < 4.78 is 19.7. The summed E-state index contributed by atoms with van der Waals surface area (Å²) in [7, 11) is 0. The summed E-state index contributed by atoms with van der Waals surface area (Å²) in [5.41, 5.74) is 0.675. The van der Waals surface area contributed by atoms with Crippen molar-refractivity contribution in [2.24, 2.45) is 0 Å². The highest BCUT2D eigenvalue weighted by Gasteiger charge is 2.25. The third kappa shape index (κ3) is 4.53. The summed E-state index contributed by atoms with van der Waals surface area (Å²) in [5.74, 6) is -0.629. The molecule has 0 radical (unpaired) electrons. The van der Waals surface area contributed by atoms with E-state index in [4.69, 9.17) is 10.00 Å². The fourth-order valence-corrected chi connectivity index (χ4v) is 3.15. The summed E-state index contributed by atoms with van der Waals surface area (Å²) in [6.45, 7) is 1.67. The van der Waals surface area contributed by atoms with Gasteiger partial charge in [0, 0.05) is 24.0 Å². The third-order valence-corrected chi connectivity index (χ3v) is 4.64. The number of hydrogen-bond donors (Lipinski definition) is 2. The minimum absolute atomic E-state index is 0.0386. The standard InChI is InChI=1S/C20H20FN3O3/c1-12-8-18(21)17(11-23-12)20(26)24-14-3-6-15(7-4-14)27-16-5-2-13(10-22)19(25)9-16/h2,5,8-9,11,14-15,25H,3-4,6-7H2,1H3,(H,24,26). The van der Waals surface area contributed by atoms with Gasteiger partial charge in [0.15, 0.2) is 0 Å². The number of nitrogens with one attached hydrogen (secondary N) is 1. The third-order valence-electron chi connectivity index (χ3n) is 4.64. The Balaban J connectivity index is 1.52. The zero-order valence-corrected chi connectivity index (χ0v) is 14.9. The number of phenols is 1. The molecule has 6 nitrogen and oxygen atoms in total. The number of amides is 1. The number of pyridine rings is 1. The van der Waals surface area contributed by atoms with Crippen LogP contribution in [0.2, 0.25) is 0 Å². The molecule has 140 valence electrons. The van der Waals surface area contributed by atoms with E-state index < -0.39 is 11.7 Å². The van der Waals surface area contributed by atoms with Crippen LogP contribution in [0.3, 0.4) is 0 Å². The molecule has 27 heavy (non-hydrogen) atoms. The van der Waals surface area contributed by atoms with Gasteiger partial charge in [-0.15, -0.1) is 0 Å². The number of aromatic hydroxyl groups is 1. The van der Waals surface area contributed by atoms with Gasteiger partial charge in [-0.2, -0.15) is 5.26 Å². The number of carbonyl (C=O) groups is 1. The monoisotopic (exact) mass is 369 g/mol. The topological polar surface area (TPSA) is 95.2 Å². The van der Waals surface area contributed by atoms with Crippen LogP contribution in [-0.2, 0) is 0 Å². The van der Waals surface area contributed by atoms with Crippen LogP contribution in [0.5, 0.6) is 11.5 Å². The quantitative estimate of drug-likeness (QED) is 0.863. The number of nitriles is 1. The molecule has 1 aromatic carbocycles. The minimum Gasteiger partial charge on any atom is -0.506 e. The fourth-order valence-electron chi connectivity index (χ4n) is 3.15. The molecular weight excluding hydrogens is 349 g/mol. The van der Waals surface area contributed by atoms with Crippen molar-refractivity contribution in [3.05, 3.63) is 53.1 Å². The molecule has 2 aromatic rings. The van der Waals surface area contributed by atoms with Crippen LogP contribution in [0.4, 0.5) is 4.39 Å². The number of carbonyl (C=O) groups excluding carboxylic acids is 1. The van der Waals surface area contributed by atoms with Crippen LogP contribution in [-0.4, -0.2) is 28.1 Å². The molecule has 1 saturated carbocycles. The molecule has 1 amide bonds. The van der Waals surface area contributed by atoms with Gasteiger partial charge in [-0.3, -0.25) is 9.78 Å². The first-order valence-electron chi connectivity index (χ1n) is 8.79. The Bertz CT molecular complexity index is 887. The molecular formula is C20H20FN3O3. The number of aryl methyl sites for hydroxylation is 1. The van der Waals surface area contributed by atoms with Crippen molar-refractivity contribution in [2.75, 3.05) is 0 Å².